The van der Waals surface area contributed by atoms with Crippen LogP contribution in [0, 0.1) is 18.3 Å². The lowest BCUT2D eigenvalue weighted by Gasteiger charge is -2.09. The SMILES string of the molecule is Cc1ccc(C#N)c(NCCOCC(N)=O)c1. The molecule has 1 amide bonds. The second-order valence-electron chi connectivity index (χ2n) is 3.61. The Kier molecular flexibility index (Phi) is 4.98. The normalized spacial score (nSPS) is 9.65. The molecule has 0 saturated carbocycles. The predicted octanol–water partition coefficient (Wildman–Crippen LogP) is 0.780. The minimum atomic E-state index is -0.488. The second-order valence-corrected chi connectivity index (χ2v) is 3.61. The van der Waals surface area contributed by atoms with Crippen molar-refractivity contribution < 1.29 is 9.53 Å². The fourth-order valence-electron chi connectivity index (χ4n) is 1.33. The summed E-state index contributed by atoms with van der Waals surface area (Å²) in [5, 5.41) is 12.0. The molecule has 0 atom stereocenters. The van der Waals surface area contributed by atoms with Gasteiger partial charge in [-0.2, -0.15) is 5.26 Å². The number of rotatable bonds is 6. The van der Waals surface area contributed by atoms with Gasteiger partial charge < -0.3 is 15.8 Å². The third-order valence-electron chi connectivity index (χ3n) is 2.10. The van der Waals surface area contributed by atoms with Gasteiger partial charge in [-0.1, -0.05) is 6.07 Å². The molecular weight excluding hydrogens is 218 g/mol. The van der Waals surface area contributed by atoms with Crippen LogP contribution in [0.4, 0.5) is 5.69 Å². The van der Waals surface area contributed by atoms with Crippen molar-refractivity contribution in [2.45, 2.75) is 6.92 Å². The Bertz CT molecular complexity index is 438. The molecule has 0 bridgehead atoms. The molecule has 5 heteroatoms. The van der Waals surface area contributed by atoms with Gasteiger partial charge in [0.2, 0.25) is 5.91 Å². The summed E-state index contributed by atoms with van der Waals surface area (Å²) >= 11 is 0. The number of primary amides is 1. The first-order valence-electron chi connectivity index (χ1n) is 5.24. The van der Waals surface area contributed by atoms with E-state index in [1.165, 1.54) is 0 Å². The number of amides is 1. The summed E-state index contributed by atoms with van der Waals surface area (Å²) in [5.74, 6) is -0.488. The Labute approximate surface area is 100 Å². The average molecular weight is 233 g/mol. The topological polar surface area (TPSA) is 88.1 Å². The Hall–Kier alpha value is -2.06. The number of hydrogen-bond acceptors (Lipinski definition) is 4. The number of aryl methyl sites for hydroxylation is 1. The maximum absolute atomic E-state index is 10.4. The van der Waals surface area contributed by atoms with Crippen LogP contribution in [0.25, 0.3) is 0 Å². The summed E-state index contributed by atoms with van der Waals surface area (Å²) in [7, 11) is 0. The summed E-state index contributed by atoms with van der Waals surface area (Å²) < 4.78 is 5.00. The number of hydrogen-bond donors (Lipinski definition) is 2. The quantitative estimate of drug-likeness (QED) is 0.711. The van der Waals surface area contributed by atoms with E-state index in [0.29, 0.717) is 18.7 Å². The van der Waals surface area contributed by atoms with Crippen molar-refractivity contribution in [3.63, 3.8) is 0 Å². The fourth-order valence-corrected chi connectivity index (χ4v) is 1.33. The van der Waals surface area contributed by atoms with E-state index in [-0.39, 0.29) is 6.61 Å². The van der Waals surface area contributed by atoms with Crippen LogP contribution >= 0.6 is 0 Å². The van der Waals surface area contributed by atoms with Crippen LogP contribution < -0.4 is 11.1 Å². The molecule has 0 saturated heterocycles. The van der Waals surface area contributed by atoms with Crippen molar-refractivity contribution in [1.29, 1.82) is 5.26 Å². The molecule has 0 heterocycles. The third kappa shape index (κ3) is 4.53. The minimum Gasteiger partial charge on any atom is -0.382 e. The van der Waals surface area contributed by atoms with Crippen LogP contribution in [-0.4, -0.2) is 25.7 Å². The van der Waals surface area contributed by atoms with Gasteiger partial charge in [0.15, 0.2) is 0 Å². The lowest BCUT2D eigenvalue weighted by Crippen LogP contribution is -2.20. The molecule has 1 aromatic carbocycles. The Balaban J connectivity index is 2.43. The smallest absolute Gasteiger partial charge is 0.243 e. The maximum Gasteiger partial charge on any atom is 0.243 e. The number of ether oxygens (including phenoxy) is 1. The zero-order valence-corrected chi connectivity index (χ0v) is 9.69. The highest BCUT2D eigenvalue weighted by Gasteiger charge is 2.01. The van der Waals surface area contributed by atoms with Crippen molar-refractivity contribution in [2.75, 3.05) is 25.1 Å². The molecule has 0 aliphatic heterocycles. The zero-order chi connectivity index (χ0) is 12.7. The fraction of sp³-hybridized carbons (Fsp3) is 0.333. The summed E-state index contributed by atoms with van der Waals surface area (Å²) in [6, 6.07) is 7.65. The van der Waals surface area contributed by atoms with Crippen molar-refractivity contribution in [1.82, 2.24) is 0 Å². The van der Waals surface area contributed by atoms with Gasteiger partial charge in [0, 0.05) is 6.54 Å². The van der Waals surface area contributed by atoms with E-state index >= 15 is 0 Å². The highest BCUT2D eigenvalue weighted by Crippen LogP contribution is 2.15. The van der Waals surface area contributed by atoms with Gasteiger partial charge in [0.25, 0.3) is 0 Å². The first-order chi connectivity index (χ1) is 8.13. The largest absolute Gasteiger partial charge is 0.382 e. The second kappa shape index (κ2) is 6.51. The monoisotopic (exact) mass is 233 g/mol. The first kappa shape index (κ1) is 13.0. The highest BCUT2D eigenvalue weighted by atomic mass is 16.5. The Morgan fingerprint density at radius 2 is 2.35 bits per heavy atom. The van der Waals surface area contributed by atoms with Crippen molar-refractivity contribution in [3.05, 3.63) is 29.3 Å². The lowest BCUT2D eigenvalue weighted by molar-refractivity contribution is -0.122. The Morgan fingerprint density at radius 3 is 3.00 bits per heavy atom. The van der Waals surface area contributed by atoms with Crippen molar-refractivity contribution in [2.24, 2.45) is 5.73 Å². The number of benzene rings is 1. The molecule has 0 aliphatic carbocycles. The summed E-state index contributed by atoms with van der Waals surface area (Å²) in [6.45, 7) is 2.75. The number of carbonyl (C=O) groups excluding carboxylic acids is 1. The molecule has 5 nitrogen and oxygen atoms in total. The van der Waals surface area contributed by atoms with E-state index in [4.69, 9.17) is 15.7 Å². The molecule has 0 radical (unpaired) electrons. The number of carbonyl (C=O) groups is 1. The minimum absolute atomic E-state index is 0.0827. The van der Waals surface area contributed by atoms with Gasteiger partial charge in [-0.05, 0) is 24.6 Å². The lowest BCUT2D eigenvalue weighted by atomic mass is 10.1. The van der Waals surface area contributed by atoms with Crippen LogP contribution in [0.15, 0.2) is 18.2 Å². The van der Waals surface area contributed by atoms with Gasteiger partial charge in [-0.25, -0.2) is 0 Å². The molecular formula is C12H15N3O2. The number of nitrogens with two attached hydrogens (primary N) is 1. The zero-order valence-electron chi connectivity index (χ0n) is 9.69. The van der Waals surface area contributed by atoms with E-state index in [9.17, 15) is 4.79 Å². The average Bonchev–Trinajstić information content (AvgIpc) is 2.28. The van der Waals surface area contributed by atoms with Gasteiger partial charge in [-0.15, -0.1) is 0 Å². The van der Waals surface area contributed by atoms with Gasteiger partial charge in [-0.3, -0.25) is 4.79 Å². The molecule has 1 rings (SSSR count). The van der Waals surface area contributed by atoms with Gasteiger partial charge >= 0.3 is 0 Å². The molecule has 3 N–H and O–H groups in total. The van der Waals surface area contributed by atoms with Crippen LogP contribution in [0.2, 0.25) is 0 Å². The van der Waals surface area contributed by atoms with E-state index < -0.39 is 5.91 Å². The molecule has 0 unspecified atom stereocenters. The Morgan fingerprint density at radius 1 is 1.59 bits per heavy atom. The van der Waals surface area contributed by atoms with E-state index in [1.807, 2.05) is 19.1 Å². The predicted molar refractivity (Wildman–Crippen MR) is 64.4 cm³/mol. The summed E-state index contributed by atoms with van der Waals surface area (Å²) in [5.41, 5.74) is 7.36. The standard InChI is InChI=1S/C12H15N3O2/c1-9-2-3-10(7-13)11(6-9)15-4-5-17-8-12(14)16/h2-3,6,15H,4-5,8H2,1H3,(H2,14,16). The molecule has 0 aromatic heterocycles. The molecule has 0 fully saturated rings. The number of nitrogens with zero attached hydrogens (tertiary/aromatic N) is 1. The molecule has 0 spiro atoms. The van der Waals surface area contributed by atoms with E-state index in [2.05, 4.69) is 11.4 Å². The van der Waals surface area contributed by atoms with Gasteiger partial charge in [0.05, 0.1) is 17.9 Å². The van der Waals surface area contributed by atoms with E-state index in [0.717, 1.165) is 11.3 Å². The van der Waals surface area contributed by atoms with Gasteiger partial charge in [0.1, 0.15) is 12.7 Å². The maximum atomic E-state index is 10.4. The van der Waals surface area contributed by atoms with Crippen LogP contribution in [0.5, 0.6) is 0 Å². The molecule has 17 heavy (non-hydrogen) atoms. The van der Waals surface area contributed by atoms with Crippen LogP contribution in [-0.2, 0) is 9.53 Å². The summed E-state index contributed by atoms with van der Waals surface area (Å²) in [6.07, 6.45) is 0. The first-order valence-corrected chi connectivity index (χ1v) is 5.24. The van der Waals surface area contributed by atoms with E-state index in [1.54, 1.807) is 6.07 Å². The van der Waals surface area contributed by atoms with Crippen molar-refractivity contribution >= 4 is 11.6 Å². The number of nitriles is 1. The number of nitrogens with one attached hydrogen (secondary N) is 1. The number of anilines is 1. The van der Waals surface area contributed by atoms with Crippen molar-refractivity contribution in [3.8, 4) is 6.07 Å². The molecule has 90 valence electrons. The third-order valence-corrected chi connectivity index (χ3v) is 2.10. The van der Waals surface area contributed by atoms with Crippen LogP contribution in [0.3, 0.4) is 0 Å². The highest BCUT2D eigenvalue weighted by molar-refractivity contribution is 5.74. The van der Waals surface area contributed by atoms with Crippen LogP contribution in [0.1, 0.15) is 11.1 Å². The summed E-state index contributed by atoms with van der Waals surface area (Å²) in [4.78, 5) is 10.4. The molecule has 0 aliphatic rings. The molecule has 1 aromatic rings.